The zero-order valence-electron chi connectivity index (χ0n) is 13.4. The molecule has 0 aromatic heterocycles. The van der Waals surface area contributed by atoms with Crippen LogP contribution in [-0.4, -0.2) is 27.4 Å². The van der Waals surface area contributed by atoms with E-state index in [1.807, 2.05) is 6.07 Å². The zero-order chi connectivity index (χ0) is 18.4. The van der Waals surface area contributed by atoms with E-state index in [1.54, 1.807) is 36.4 Å². The number of amides is 1. The number of carbonyl (C=O) groups is 1. The van der Waals surface area contributed by atoms with Crippen molar-refractivity contribution in [2.24, 2.45) is 0 Å². The van der Waals surface area contributed by atoms with Crippen molar-refractivity contribution >= 4 is 33.2 Å². The van der Waals surface area contributed by atoms with Crippen LogP contribution in [0, 0.1) is 11.3 Å². The second-order valence-electron chi connectivity index (χ2n) is 5.19. The van der Waals surface area contributed by atoms with Gasteiger partial charge in [0.05, 0.1) is 16.5 Å². The third kappa shape index (κ3) is 5.03. The van der Waals surface area contributed by atoms with Crippen LogP contribution < -0.4 is 9.62 Å². The summed E-state index contributed by atoms with van der Waals surface area (Å²) in [6, 6.07) is 14.5. The van der Waals surface area contributed by atoms with E-state index in [0.29, 0.717) is 16.3 Å². The molecule has 0 aliphatic rings. The largest absolute Gasteiger partial charge is 0.311 e. The highest BCUT2D eigenvalue weighted by Crippen LogP contribution is 2.17. The van der Waals surface area contributed by atoms with Crippen LogP contribution in [0.25, 0.3) is 0 Å². The molecule has 0 heterocycles. The SMILES string of the molecule is CC(=O)N(CCNS(=O)(=O)c1cccc(Cl)c1)c1cccc(C#N)c1. The van der Waals surface area contributed by atoms with Crippen LogP contribution in [0.5, 0.6) is 0 Å². The van der Waals surface area contributed by atoms with Gasteiger partial charge in [0, 0.05) is 30.7 Å². The Kier molecular flexibility index (Phi) is 6.15. The lowest BCUT2D eigenvalue weighted by Crippen LogP contribution is -2.37. The number of hydrogen-bond acceptors (Lipinski definition) is 4. The van der Waals surface area contributed by atoms with Crippen LogP contribution >= 0.6 is 11.6 Å². The van der Waals surface area contributed by atoms with Gasteiger partial charge < -0.3 is 4.90 Å². The number of sulfonamides is 1. The number of nitriles is 1. The number of nitrogens with one attached hydrogen (secondary N) is 1. The Labute approximate surface area is 151 Å². The lowest BCUT2D eigenvalue weighted by atomic mass is 10.2. The molecule has 0 radical (unpaired) electrons. The second-order valence-corrected chi connectivity index (χ2v) is 7.39. The molecule has 0 unspecified atom stereocenters. The van der Waals surface area contributed by atoms with Crippen molar-refractivity contribution in [3.63, 3.8) is 0 Å². The molecule has 25 heavy (non-hydrogen) atoms. The fraction of sp³-hybridized carbons (Fsp3) is 0.176. The predicted octanol–water partition coefficient (Wildman–Crippen LogP) is 2.54. The number of halogens is 1. The summed E-state index contributed by atoms with van der Waals surface area (Å²) in [5.74, 6) is -0.253. The molecule has 8 heteroatoms. The van der Waals surface area contributed by atoms with Crippen molar-refractivity contribution in [3.05, 3.63) is 59.1 Å². The minimum Gasteiger partial charge on any atom is -0.311 e. The van der Waals surface area contributed by atoms with Crippen molar-refractivity contribution in [2.45, 2.75) is 11.8 Å². The molecule has 1 amide bonds. The Balaban J connectivity index is 2.09. The molecular formula is C17H16ClN3O3S. The second kappa shape index (κ2) is 8.12. The standard InChI is InChI=1S/C17H16ClN3O3S/c1-13(22)21(16-6-2-4-14(10-16)12-19)9-8-20-25(23,24)17-7-3-5-15(18)11-17/h2-7,10-11,20H,8-9H2,1H3. The number of hydrogen-bond donors (Lipinski definition) is 1. The number of benzene rings is 2. The molecule has 2 rings (SSSR count). The molecule has 0 spiro atoms. The highest BCUT2D eigenvalue weighted by molar-refractivity contribution is 7.89. The summed E-state index contributed by atoms with van der Waals surface area (Å²) in [6.07, 6.45) is 0. The van der Waals surface area contributed by atoms with Gasteiger partial charge in [0.15, 0.2) is 0 Å². The number of carbonyl (C=O) groups excluding carboxylic acids is 1. The monoisotopic (exact) mass is 377 g/mol. The van der Waals surface area contributed by atoms with E-state index in [9.17, 15) is 13.2 Å². The van der Waals surface area contributed by atoms with Crippen LogP contribution in [0.4, 0.5) is 5.69 Å². The molecule has 6 nitrogen and oxygen atoms in total. The fourth-order valence-electron chi connectivity index (χ4n) is 2.22. The van der Waals surface area contributed by atoms with E-state index in [0.717, 1.165) is 0 Å². The molecule has 0 fully saturated rings. The van der Waals surface area contributed by atoms with E-state index < -0.39 is 10.0 Å². The molecule has 0 aliphatic carbocycles. The predicted molar refractivity (Wildman–Crippen MR) is 95.8 cm³/mol. The molecule has 0 bridgehead atoms. The van der Waals surface area contributed by atoms with Crippen molar-refractivity contribution in [2.75, 3.05) is 18.0 Å². The quantitative estimate of drug-likeness (QED) is 0.837. The molecule has 130 valence electrons. The molecular weight excluding hydrogens is 362 g/mol. The highest BCUT2D eigenvalue weighted by Gasteiger charge is 2.16. The Bertz CT molecular complexity index is 923. The molecule has 1 N–H and O–H groups in total. The maximum Gasteiger partial charge on any atom is 0.240 e. The van der Waals surface area contributed by atoms with Gasteiger partial charge in [-0.2, -0.15) is 5.26 Å². The van der Waals surface area contributed by atoms with Gasteiger partial charge in [-0.1, -0.05) is 23.7 Å². The number of rotatable bonds is 6. The van der Waals surface area contributed by atoms with Gasteiger partial charge in [0.2, 0.25) is 15.9 Å². The molecule has 0 saturated carbocycles. The molecule has 0 aliphatic heterocycles. The van der Waals surface area contributed by atoms with E-state index in [1.165, 1.54) is 24.0 Å². The van der Waals surface area contributed by atoms with Crippen LogP contribution in [-0.2, 0) is 14.8 Å². The summed E-state index contributed by atoms with van der Waals surface area (Å²) in [6.45, 7) is 1.53. The summed E-state index contributed by atoms with van der Waals surface area (Å²) in [5, 5.41) is 9.28. The normalized spacial score (nSPS) is 10.9. The Morgan fingerprint density at radius 3 is 2.60 bits per heavy atom. The average molecular weight is 378 g/mol. The van der Waals surface area contributed by atoms with Crippen molar-refractivity contribution in [3.8, 4) is 6.07 Å². The average Bonchev–Trinajstić information content (AvgIpc) is 2.58. The Morgan fingerprint density at radius 1 is 1.24 bits per heavy atom. The van der Waals surface area contributed by atoms with Gasteiger partial charge in [-0.15, -0.1) is 0 Å². The maximum atomic E-state index is 12.3. The van der Waals surface area contributed by atoms with Gasteiger partial charge in [-0.25, -0.2) is 13.1 Å². The van der Waals surface area contributed by atoms with Gasteiger partial charge in [-0.05, 0) is 36.4 Å². The third-order valence-electron chi connectivity index (χ3n) is 3.40. The van der Waals surface area contributed by atoms with Gasteiger partial charge >= 0.3 is 0 Å². The first-order valence-electron chi connectivity index (χ1n) is 7.37. The van der Waals surface area contributed by atoms with Gasteiger partial charge in [-0.3, -0.25) is 4.79 Å². The summed E-state index contributed by atoms with van der Waals surface area (Å²) in [5.41, 5.74) is 0.955. The van der Waals surface area contributed by atoms with Crippen molar-refractivity contribution in [1.82, 2.24) is 4.72 Å². The lowest BCUT2D eigenvalue weighted by molar-refractivity contribution is -0.116. The molecule has 0 saturated heterocycles. The van der Waals surface area contributed by atoms with E-state index in [2.05, 4.69) is 4.72 Å². The molecule has 0 atom stereocenters. The van der Waals surface area contributed by atoms with Crippen molar-refractivity contribution < 1.29 is 13.2 Å². The third-order valence-corrected chi connectivity index (χ3v) is 5.09. The fourth-order valence-corrected chi connectivity index (χ4v) is 3.54. The van der Waals surface area contributed by atoms with Crippen LogP contribution in [0.1, 0.15) is 12.5 Å². The molecule has 2 aromatic rings. The van der Waals surface area contributed by atoms with E-state index in [4.69, 9.17) is 16.9 Å². The minimum atomic E-state index is -3.72. The Hall–Kier alpha value is -2.40. The van der Waals surface area contributed by atoms with E-state index in [-0.39, 0.29) is 23.9 Å². The lowest BCUT2D eigenvalue weighted by Gasteiger charge is -2.21. The summed E-state index contributed by atoms with van der Waals surface area (Å²) in [4.78, 5) is 13.3. The smallest absolute Gasteiger partial charge is 0.240 e. The molecule has 2 aromatic carbocycles. The number of nitrogens with zero attached hydrogens (tertiary/aromatic N) is 2. The zero-order valence-corrected chi connectivity index (χ0v) is 15.0. The van der Waals surface area contributed by atoms with Crippen LogP contribution in [0.15, 0.2) is 53.4 Å². The maximum absolute atomic E-state index is 12.3. The number of anilines is 1. The first-order valence-corrected chi connectivity index (χ1v) is 9.23. The first-order chi connectivity index (χ1) is 11.8. The van der Waals surface area contributed by atoms with Crippen molar-refractivity contribution in [1.29, 1.82) is 5.26 Å². The summed E-state index contributed by atoms with van der Waals surface area (Å²) >= 11 is 5.81. The van der Waals surface area contributed by atoms with Crippen LogP contribution in [0.3, 0.4) is 0 Å². The summed E-state index contributed by atoms with van der Waals surface area (Å²) in [7, 11) is -3.72. The minimum absolute atomic E-state index is 0.0191. The van der Waals surface area contributed by atoms with E-state index >= 15 is 0 Å². The van der Waals surface area contributed by atoms with Crippen LogP contribution in [0.2, 0.25) is 5.02 Å². The topological polar surface area (TPSA) is 90.3 Å². The Morgan fingerprint density at radius 2 is 1.96 bits per heavy atom. The van der Waals surface area contributed by atoms with Gasteiger partial charge in [0.25, 0.3) is 0 Å². The highest BCUT2D eigenvalue weighted by atomic mass is 35.5. The summed E-state index contributed by atoms with van der Waals surface area (Å²) < 4.78 is 27.0. The first kappa shape index (κ1) is 18.9. The van der Waals surface area contributed by atoms with Gasteiger partial charge in [0.1, 0.15) is 0 Å².